The van der Waals surface area contributed by atoms with E-state index in [1.54, 1.807) is 0 Å². The minimum Gasteiger partial charge on any atom is -0.284 e. The summed E-state index contributed by atoms with van der Waals surface area (Å²) in [6.07, 6.45) is 0. The third kappa shape index (κ3) is 3.65. The van der Waals surface area contributed by atoms with E-state index in [-0.39, 0.29) is 0 Å². The van der Waals surface area contributed by atoms with Gasteiger partial charge in [0.25, 0.3) is 0 Å². The van der Waals surface area contributed by atoms with Crippen LogP contribution in [0.5, 0.6) is 0 Å². The van der Waals surface area contributed by atoms with Gasteiger partial charge in [0.2, 0.25) is 0 Å². The quantitative estimate of drug-likeness (QED) is 0.783. The first-order chi connectivity index (χ1) is 7.15. The Hall–Kier alpha value is -0.850. The van der Waals surface area contributed by atoms with Crippen molar-refractivity contribution < 1.29 is 0 Å². The summed E-state index contributed by atoms with van der Waals surface area (Å²) in [6.45, 7) is 5.49. The van der Waals surface area contributed by atoms with Gasteiger partial charge in [-0.15, -0.1) is 0 Å². The summed E-state index contributed by atoms with van der Waals surface area (Å²) < 4.78 is 1.11. The van der Waals surface area contributed by atoms with Crippen LogP contribution in [-0.2, 0) is 6.54 Å². The maximum Gasteiger partial charge on any atom is 0.0871 e. The molecule has 0 aromatic heterocycles. The summed E-state index contributed by atoms with van der Waals surface area (Å²) in [6, 6.07) is 10.7. The summed E-state index contributed by atoms with van der Waals surface area (Å²) in [5.41, 5.74) is 1.22. The van der Waals surface area contributed by atoms with Crippen molar-refractivity contribution in [1.29, 1.82) is 5.26 Å². The Bertz CT molecular complexity index is 355. The van der Waals surface area contributed by atoms with Crippen molar-refractivity contribution >= 4 is 15.9 Å². The predicted molar refractivity (Wildman–Crippen MR) is 65.3 cm³/mol. The predicted octanol–water partition coefficient (Wildman–Crippen LogP) is 3.18. The zero-order valence-corrected chi connectivity index (χ0v) is 10.7. The standard InChI is InChI=1S/C12H15BrN2/c1-10(2)15(8-7-14)9-11-5-3-4-6-12(11)13/h3-6,10H,8-9H2,1-2H3. The minimum atomic E-state index is 0.386. The smallest absolute Gasteiger partial charge is 0.0871 e. The first-order valence-electron chi connectivity index (χ1n) is 4.99. The van der Waals surface area contributed by atoms with Crippen LogP contribution < -0.4 is 0 Å². The molecule has 0 heterocycles. The van der Waals surface area contributed by atoms with Crippen LogP contribution in [0.3, 0.4) is 0 Å². The molecule has 0 radical (unpaired) electrons. The molecule has 0 bridgehead atoms. The molecule has 0 spiro atoms. The van der Waals surface area contributed by atoms with Gasteiger partial charge in [0, 0.05) is 17.1 Å². The molecule has 0 atom stereocenters. The van der Waals surface area contributed by atoms with Crippen molar-refractivity contribution in [2.24, 2.45) is 0 Å². The Kier molecular flexibility index (Phi) is 4.80. The second-order valence-electron chi connectivity index (χ2n) is 3.75. The normalized spacial score (nSPS) is 10.7. The van der Waals surface area contributed by atoms with Gasteiger partial charge in [-0.1, -0.05) is 34.1 Å². The van der Waals surface area contributed by atoms with Gasteiger partial charge in [0.15, 0.2) is 0 Å². The maximum absolute atomic E-state index is 8.73. The SMILES string of the molecule is CC(C)N(CC#N)Cc1ccccc1Br. The minimum absolute atomic E-state index is 0.386. The lowest BCUT2D eigenvalue weighted by Gasteiger charge is -2.23. The lowest BCUT2D eigenvalue weighted by Crippen LogP contribution is -2.30. The highest BCUT2D eigenvalue weighted by molar-refractivity contribution is 9.10. The van der Waals surface area contributed by atoms with Crippen LogP contribution >= 0.6 is 15.9 Å². The first kappa shape index (κ1) is 12.2. The molecular weight excluding hydrogens is 252 g/mol. The fraction of sp³-hybridized carbons (Fsp3) is 0.417. The van der Waals surface area contributed by atoms with Crippen molar-refractivity contribution in [3.8, 4) is 6.07 Å². The van der Waals surface area contributed by atoms with E-state index in [0.29, 0.717) is 12.6 Å². The number of halogens is 1. The van der Waals surface area contributed by atoms with E-state index >= 15 is 0 Å². The van der Waals surface area contributed by atoms with E-state index in [2.05, 4.69) is 46.8 Å². The Morgan fingerprint density at radius 3 is 2.60 bits per heavy atom. The van der Waals surface area contributed by atoms with Gasteiger partial charge in [-0.3, -0.25) is 4.90 Å². The highest BCUT2D eigenvalue weighted by Crippen LogP contribution is 2.18. The van der Waals surface area contributed by atoms with E-state index in [4.69, 9.17) is 5.26 Å². The van der Waals surface area contributed by atoms with Gasteiger partial charge in [0.1, 0.15) is 0 Å². The zero-order chi connectivity index (χ0) is 11.3. The highest BCUT2D eigenvalue weighted by atomic mass is 79.9. The van der Waals surface area contributed by atoms with E-state index in [0.717, 1.165) is 11.0 Å². The van der Waals surface area contributed by atoms with Crippen LogP contribution in [0.25, 0.3) is 0 Å². The zero-order valence-electron chi connectivity index (χ0n) is 9.07. The second kappa shape index (κ2) is 5.89. The number of benzene rings is 1. The van der Waals surface area contributed by atoms with Crippen molar-refractivity contribution in [2.45, 2.75) is 26.4 Å². The Morgan fingerprint density at radius 1 is 1.40 bits per heavy atom. The molecule has 2 nitrogen and oxygen atoms in total. The molecule has 80 valence electrons. The molecule has 0 N–H and O–H groups in total. The first-order valence-corrected chi connectivity index (χ1v) is 5.79. The average molecular weight is 267 g/mol. The second-order valence-corrected chi connectivity index (χ2v) is 4.60. The molecule has 0 saturated heterocycles. The summed E-state index contributed by atoms with van der Waals surface area (Å²) in [5.74, 6) is 0. The van der Waals surface area contributed by atoms with Crippen LogP contribution in [0.4, 0.5) is 0 Å². The van der Waals surface area contributed by atoms with E-state index in [1.807, 2.05) is 18.2 Å². The lowest BCUT2D eigenvalue weighted by molar-refractivity contribution is 0.240. The summed E-state index contributed by atoms with van der Waals surface area (Å²) in [4.78, 5) is 2.14. The monoisotopic (exact) mass is 266 g/mol. The van der Waals surface area contributed by atoms with Crippen LogP contribution in [0, 0.1) is 11.3 Å². The number of rotatable bonds is 4. The van der Waals surface area contributed by atoms with Crippen molar-refractivity contribution in [3.05, 3.63) is 34.3 Å². The number of hydrogen-bond acceptors (Lipinski definition) is 2. The van der Waals surface area contributed by atoms with Crippen molar-refractivity contribution in [3.63, 3.8) is 0 Å². The van der Waals surface area contributed by atoms with E-state index in [1.165, 1.54) is 5.56 Å². The van der Waals surface area contributed by atoms with Gasteiger partial charge < -0.3 is 0 Å². The molecule has 1 aromatic rings. The van der Waals surface area contributed by atoms with E-state index < -0.39 is 0 Å². The topological polar surface area (TPSA) is 27.0 Å². The third-order valence-corrected chi connectivity index (χ3v) is 3.11. The van der Waals surface area contributed by atoms with Crippen molar-refractivity contribution in [2.75, 3.05) is 6.54 Å². The molecular formula is C12H15BrN2. The van der Waals surface area contributed by atoms with Gasteiger partial charge >= 0.3 is 0 Å². The molecule has 3 heteroatoms. The molecule has 0 aliphatic heterocycles. The van der Waals surface area contributed by atoms with Gasteiger partial charge in [-0.2, -0.15) is 5.26 Å². The van der Waals surface area contributed by atoms with Crippen LogP contribution in [0.2, 0.25) is 0 Å². The number of nitriles is 1. The average Bonchev–Trinajstić information content (AvgIpc) is 2.20. The Balaban J connectivity index is 2.75. The molecule has 1 aromatic carbocycles. The lowest BCUT2D eigenvalue weighted by atomic mass is 10.2. The summed E-state index contributed by atoms with van der Waals surface area (Å²) >= 11 is 3.52. The molecule has 0 aliphatic carbocycles. The summed E-state index contributed by atoms with van der Waals surface area (Å²) in [5, 5.41) is 8.73. The van der Waals surface area contributed by atoms with Gasteiger partial charge in [-0.25, -0.2) is 0 Å². The third-order valence-electron chi connectivity index (χ3n) is 2.34. The fourth-order valence-corrected chi connectivity index (χ4v) is 1.77. The molecule has 0 amide bonds. The van der Waals surface area contributed by atoms with Crippen LogP contribution in [0.15, 0.2) is 28.7 Å². The van der Waals surface area contributed by atoms with Gasteiger partial charge in [0.05, 0.1) is 12.6 Å². The highest BCUT2D eigenvalue weighted by Gasteiger charge is 2.10. The molecule has 0 aliphatic rings. The van der Waals surface area contributed by atoms with E-state index in [9.17, 15) is 0 Å². The molecule has 15 heavy (non-hydrogen) atoms. The fourth-order valence-electron chi connectivity index (χ4n) is 1.36. The maximum atomic E-state index is 8.73. The number of hydrogen-bond donors (Lipinski definition) is 0. The number of nitrogens with zero attached hydrogens (tertiary/aromatic N) is 2. The Labute approximate surface area is 99.6 Å². The molecule has 0 unspecified atom stereocenters. The largest absolute Gasteiger partial charge is 0.284 e. The van der Waals surface area contributed by atoms with Crippen LogP contribution in [-0.4, -0.2) is 17.5 Å². The van der Waals surface area contributed by atoms with Crippen LogP contribution in [0.1, 0.15) is 19.4 Å². The molecule has 0 saturated carbocycles. The van der Waals surface area contributed by atoms with Crippen molar-refractivity contribution in [1.82, 2.24) is 4.90 Å². The summed E-state index contributed by atoms with van der Waals surface area (Å²) in [7, 11) is 0. The molecule has 0 fully saturated rings. The van der Waals surface area contributed by atoms with Gasteiger partial charge in [-0.05, 0) is 25.5 Å². The Morgan fingerprint density at radius 2 is 2.07 bits per heavy atom. The molecule has 1 rings (SSSR count).